The molecule has 3 N–H and O–H groups in total. The molecule has 4 aromatic carbocycles. The van der Waals surface area contributed by atoms with Crippen LogP contribution in [0.1, 0.15) is 35.1 Å². The molecule has 0 saturated heterocycles. The smallest absolute Gasteiger partial charge is 0.240 e. The number of carbonyl (C=O) groups excluding carboxylic acids is 2. The third kappa shape index (κ3) is 5.78. The van der Waals surface area contributed by atoms with Crippen molar-refractivity contribution in [3.63, 3.8) is 0 Å². The van der Waals surface area contributed by atoms with Gasteiger partial charge in [0.2, 0.25) is 11.8 Å². The minimum absolute atomic E-state index is 0.122. The molecule has 0 saturated carbocycles. The van der Waals surface area contributed by atoms with Crippen molar-refractivity contribution in [2.75, 3.05) is 0 Å². The fourth-order valence-electron chi connectivity index (χ4n) is 4.61. The quantitative estimate of drug-likeness (QED) is 0.299. The topological polar surface area (TPSA) is 72.2 Å². The Bertz CT molecular complexity index is 1190. The van der Waals surface area contributed by atoms with E-state index in [1.165, 1.54) is 0 Å². The third-order valence-electron chi connectivity index (χ3n) is 6.39. The first-order valence-electron chi connectivity index (χ1n) is 12.1. The van der Waals surface area contributed by atoms with E-state index < -0.39 is 17.4 Å². The molecule has 0 bridgehead atoms. The molecule has 4 heteroatoms. The van der Waals surface area contributed by atoms with Gasteiger partial charge in [0.15, 0.2) is 0 Å². The zero-order valence-electron chi connectivity index (χ0n) is 20.1. The predicted molar refractivity (Wildman–Crippen MR) is 145 cm³/mol. The van der Waals surface area contributed by atoms with Crippen LogP contribution in [0.15, 0.2) is 127 Å². The fourth-order valence-corrected chi connectivity index (χ4v) is 4.61. The number of primary amides is 1. The van der Waals surface area contributed by atoms with Crippen molar-refractivity contribution in [1.82, 2.24) is 5.32 Å². The number of hydrogen-bond acceptors (Lipinski definition) is 2. The second-order valence-electron chi connectivity index (χ2n) is 8.75. The maximum absolute atomic E-state index is 13.6. The van der Waals surface area contributed by atoms with Gasteiger partial charge in [-0.3, -0.25) is 9.59 Å². The monoisotopic (exact) mass is 474 g/mol. The molecule has 0 aromatic heterocycles. The second-order valence-corrected chi connectivity index (χ2v) is 8.75. The molecule has 0 heterocycles. The zero-order valence-corrected chi connectivity index (χ0v) is 20.1. The summed E-state index contributed by atoms with van der Waals surface area (Å²) in [5, 5.41) is 2.90. The van der Waals surface area contributed by atoms with Crippen LogP contribution in [0.2, 0.25) is 0 Å². The van der Waals surface area contributed by atoms with Crippen molar-refractivity contribution < 1.29 is 9.59 Å². The number of hydrogen-bond donors (Lipinski definition) is 2. The van der Waals surface area contributed by atoms with Crippen molar-refractivity contribution in [2.45, 2.75) is 24.3 Å². The van der Waals surface area contributed by atoms with E-state index >= 15 is 0 Å². The maximum atomic E-state index is 13.6. The first-order valence-corrected chi connectivity index (χ1v) is 12.1. The average Bonchev–Trinajstić information content (AvgIpc) is 2.93. The molecular formula is C32H30N2O2. The van der Waals surface area contributed by atoms with Gasteiger partial charge in [0.25, 0.3) is 0 Å². The Hall–Kier alpha value is -4.44. The fraction of sp³-hybridized carbons (Fsp3) is 0.125. The van der Waals surface area contributed by atoms with E-state index in [0.717, 1.165) is 22.3 Å². The molecule has 180 valence electrons. The van der Waals surface area contributed by atoms with Gasteiger partial charge in [0.05, 0.1) is 5.41 Å². The molecule has 0 radical (unpaired) electrons. The van der Waals surface area contributed by atoms with Crippen molar-refractivity contribution >= 4 is 17.9 Å². The molecule has 4 aromatic rings. The Kier molecular flexibility index (Phi) is 8.09. The summed E-state index contributed by atoms with van der Waals surface area (Å²) >= 11 is 0. The lowest BCUT2D eigenvalue weighted by Crippen LogP contribution is -2.46. The Balaban J connectivity index is 1.66. The van der Waals surface area contributed by atoms with Crippen molar-refractivity contribution in [3.05, 3.63) is 150 Å². The molecule has 0 aliphatic heterocycles. The van der Waals surface area contributed by atoms with Crippen LogP contribution in [-0.2, 0) is 15.0 Å². The number of nitrogens with two attached hydrogens (primary N) is 1. The van der Waals surface area contributed by atoms with E-state index in [-0.39, 0.29) is 12.3 Å². The van der Waals surface area contributed by atoms with Gasteiger partial charge in [-0.15, -0.1) is 0 Å². The molecule has 36 heavy (non-hydrogen) atoms. The van der Waals surface area contributed by atoms with Crippen molar-refractivity contribution in [2.24, 2.45) is 5.73 Å². The van der Waals surface area contributed by atoms with Crippen LogP contribution in [0.4, 0.5) is 0 Å². The first kappa shape index (κ1) is 24.7. The van der Waals surface area contributed by atoms with Crippen LogP contribution in [0, 0.1) is 0 Å². The minimum Gasteiger partial charge on any atom is -0.368 e. The van der Waals surface area contributed by atoms with Gasteiger partial charge >= 0.3 is 0 Å². The van der Waals surface area contributed by atoms with E-state index in [4.69, 9.17) is 5.73 Å². The lowest BCUT2D eigenvalue weighted by atomic mass is 9.67. The third-order valence-corrected chi connectivity index (χ3v) is 6.39. The summed E-state index contributed by atoms with van der Waals surface area (Å²) in [6, 6.07) is 39.0. The molecule has 0 fully saturated rings. The lowest BCUT2D eigenvalue weighted by Gasteiger charge is -2.36. The Morgan fingerprint density at radius 1 is 0.694 bits per heavy atom. The lowest BCUT2D eigenvalue weighted by molar-refractivity contribution is -0.127. The summed E-state index contributed by atoms with van der Waals surface area (Å²) in [4.78, 5) is 25.8. The van der Waals surface area contributed by atoms with Crippen LogP contribution in [0.5, 0.6) is 0 Å². The van der Waals surface area contributed by atoms with Gasteiger partial charge in [0.1, 0.15) is 6.04 Å². The zero-order chi connectivity index (χ0) is 25.2. The van der Waals surface area contributed by atoms with Crippen LogP contribution >= 0.6 is 0 Å². The standard InChI is InChI=1S/C32H30N2O2/c33-31(36)29(23-13-16-25-14-5-1-6-15-25)34-30(35)24-32(26-17-7-2-8-18-26,27-19-9-3-10-20-27)28-21-11-4-12-22-28/h1-22,29H,23-24H2,(H2,33,36)(H,34,35)/b16-13+/t29-/m0/s1. The van der Waals surface area contributed by atoms with E-state index in [0.29, 0.717) is 6.42 Å². The summed E-state index contributed by atoms with van der Waals surface area (Å²) in [6.07, 6.45) is 4.22. The normalized spacial score (nSPS) is 12.2. The summed E-state index contributed by atoms with van der Waals surface area (Å²) in [6.45, 7) is 0. The second kappa shape index (κ2) is 11.8. The van der Waals surface area contributed by atoms with Gasteiger partial charge < -0.3 is 11.1 Å². The van der Waals surface area contributed by atoms with Gasteiger partial charge in [-0.2, -0.15) is 0 Å². The van der Waals surface area contributed by atoms with Crippen molar-refractivity contribution in [1.29, 1.82) is 0 Å². The molecule has 0 aliphatic carbocycles. The average molecular weight is 475 g/mol. The highest BCUT2D eigenvalue weighted by Gasteiger charge is 2.39. The molecular weight excluding hydrogens is 444 g/mol. The number of carbonyl (C=O) groups is 2. The van der Waals surface area contributed by atoms with Gasteiger partial charge in [0, 0.05) is 6.42 Å². The van der Waals surface area contributed by atoms with Gasteiger partial charge in [-0.25, -0.2) is 0 Å². The maximum Gasteiger partial charge on any atom is 0.240 e. The number of rotatable bonds is 10. The Morgan fingerprint density at radius 3 is 1.53 bits per heavy atom. The highest BCUT2D eigenvalue weighted by molar-refractivity contribution is 5.88. The summed E-state index contributed by atoms with van der Waals surface area (Å²) < 4.78 is 0. The summed E-state index contributed by atoms with van der Waals surface area (Å²) in [7, 11) is 0. The molecule has 1 atom stereocenters. The molecule has 0 unspecified atom stereocenters. The minimum atomic E-state index is -0.808. The predicted octanol–water partition coefficient (Wildman–Crippen LogP) is 5.48. The van der Waals surface area contributed by atoms with E-state index in [1.54, 1.807) is 0 Å². The molecule has 4 rings (SSSR count). The summed E-state index contributed by atoms with van der Waals surface area (Å²) in [5.41, 5.74) is 8.94. The SMILES string of the molecule is NC(=O)[C@H](C/C=C/c1ccccc1)NC(=O)CC(c1ccccc1)(c1ccccc1)c1ccccc1. The van der Waals surface area contributed by atoms with Gasteiger partial charge in [-0.1, -0.05) is 133 Å². The van der Waals surface area contributed by atoms with E-state index in [1.807, 2.05) is 133 Å². The number of nitrogens with one attached hydrogen (secondary N) is 1. The van der Waals surface area contributed by atoms with Crippen LogP contribution in [0.25, 0.3) is 6.08 Å². The largest absolute Gasteiger partial charge is 0.368 e. The number of amides is 2. The van der Waals surface area contributed by atoms with Crippen LogP contribution in [0.3, 0.4) is 0 Å². The summed E-state index contributed by atoms with van der Waals surface area (Å²) in [5.74, 6) is -0.811. The van der Waals surface area contributed by atoms with Crippen LogP contribution < -0.4 is 11.1 Å². The van der Waals surface area contributed by atoms with E-state index in [2.05, 4.69) is 5.32 Å². The van der Waals surface area contributed by atoms with Crippen molar-refractivity contribution in [3.8, 4) is 0 Å². The highest BCUT2D eigenvalue weighted by atomic mass is 16.2. The Labute approximate surface area is 212 Å². The molecule has 0 spiro atoms. The Morgan fingerprint density at radius 2 is 1.11 bits per heavy atom. The molecule has 4 nitrogen and oxygen atoms in total. The molecule has 2 amide bonds. The number of benzene rings is 4. The first-order chi connectivity index (χ1) is 17.6. The van der Waals surface area contributed by atoms with Crippen LogP contribution in [-0.4, -0.2) is 17.9 Å². The highest BCUT2D eigenvalue weighted by Crippen LogP contribution is 2.42. The van der Waals surface area contributed by atoms with E-state index in [9.17, 15) is 9.59 Å². The van der Waals surface area contributed by atoms with Gasteiger partial charge in [-0.05, 0) is 28.7 Å². The molecule has 0 aliphatic rings.